The molecule has 0 atom stereocenters. The highest BCUT2D eigenvalue weighted by molar-refractivity contribution is 9.10. The molecule has 2 nitrogen and oxygen atoms in total. The Morgan fingerprint density at radius 1 is 1.06 bits per heavy atom. The minimum Gasteiger partial charge on any atom is -0.369 e. The second kappa shape index (κ2) is 4.99. The molecule has 1 saturated heterocycles. The van der Waals surface area contributed by atoms with E-state index >= 15 is 0 Å². The molecule has 0 amide bonds. The summed E-state index contributed by atoms with van der Waals surface area (Å²) in [5, 5.41) is 0. The molecule has 0 unspecified atom stereocenters. The summed E-state index contributed by atoms with van der Waals surface area (Å²) in [7, 11) is 0. The summed E-state index contributed by atoms with van der Waals surface area (Å²) >= 11 is 3.54. The van der Waals surface area contributed by atoms with Crippen LogP contribution in [0.1, 0.15) is 20.8 Å². The highest BCUT2D eigenvalue weighted by atomic mass is 79.9. The van der Waals surface area contributed by atoms with Crippen LogP contribution in [0.25, 0.3) is 0 Å². The van der Waals surface area contributed by atoms with Crippen LogP contribution in [0.2, 0.25) is 0 Å². The maximum absolute atomic E-state index is 3.54. The molecule has 2 rings (SSSR count). The Morgan fingerprint density at radius 3 is 2.24 bits per heavy atom. The molecule has 0 bridgehead atoms. The van der Waals surface area contributed by atoms with E-state index in [2.05, 4.69) is 70.8 Å². The number of anilines is 1. The van der Waals surface area contributed by atoms with Crippen LogP contribution < -0.4 is 4.90 Å². The molecule has 0 radical (unpaired) electrons. The summed E-state index contributed by atoms with van der Waals surface area (Å²) in [5.41, 5.74) is 1.62. The van der Waals surface area contributed by atoms with Crippen molar-refractivity contribution in [3.63, 3.8) is 0 Å². The van der Waals surface area contributed by atoms with Crippen molar-refractivity contribution in [1.82, 2.24) is 4.90 Å². The van der Waals surface area contributed by atoms with Crippen LogP contribution >= 0.6 is 15.9 Å². The summed E-state index contributed by atoms with van der Waals surface area (Å²) in [6.07, 6.45) is 0. The fourth-order valence-electron chi connectivity index (χ4n) is 2.31. The van der Waals surface area contributed by atoms with Crippen molar-refractivity contribution in [3.05, 3.63) is 28.7 Å². The van der Waals surface area contributed by atoms with Gasteiger partial charge in [0.1, 0.15) is 0 Å². The predicted molar refractivity (Wildman–Crippen MR) is 77.7 cm³/mol. The number of halogens is 1. The molecular weight excluding hydrogens is 276 g/mol. The third-order valence-corrected chi connectivity index (χ3v) is 3.89. The van der Waals surface area contributed by atoms with Crippen molar-refractivity contribution in [3.8, 4) is 0 Å². The van der Waals surface area contributed by atoms with E-state index in [4.69, 9.17) is 0 Å². The van der Waals surface area contributed by atoms with Gasteiger partial charge in [-0.05, 0) is 39.0 Å². The van der Waals surface area contributed by atoms with Gasteiger partial charge in [0.2, 0.25) is 0 Å². The van der Waals surface area contributed by atoms with Gasteiger partial charge in [-0.15, -0.1) is 0 Å². The first kappa shape index (κ1) is 12.9. The van der Waals surface area contributed by atoms with Crippen LogP contribution in [0.5, 0.6) is 0 Å². The van der Waals surface area contributed by atoms with Crippen LogP contribution in [0, 0.1) is 0 Å². The van der Waals surface area contributed by atoms with Gasteiger partial charge in [-0.2, -0.15) is 0 Å². The highest BCUT2D eigenvalue weighted by Crippen LogP contribution is 2.23. The molecule has 1 aliphatic heterocycles. The average molecular weight is 297 g/mol. The zero-order valence-electron chi connectivity index (χ0n) is 10.9. The summed E-state index contributed by atoms with van der Waals surface area (Å²) < 4.78 is 1.16. The number of benzene rings is 1. The Bertz CT molecular complexity index is 376. The molecular formula is C14H21BrN2. The van der Waals surface area contributed by atoms with E-state index in [0.717, 1.165) is 30.7 Å². The zero-order chi connectivity index (χ0) is 12.5. The zero-order valence-corrected chi connectivity index (χ0v) is 12.5. The first-order valence-corrected chi connectivity index (χ1v) is 7.02. The third-order valence-electron chi connectivity index (χ3n) is 3.40. The van der Waals surface area contributed by atoms with Crippen molar-refractivity contribution in [1.29, 1.82) is 0 Å². The molecule has 0 aliphatic carbocycles. The molecule has 1 aliphatic rings. The van der Waals surface area contributed by atoms with Crippen molar-refractivity contribution in [2.24, 2.45) is 0 Å². The van der Waals surface area contributed by atoms with Gasteiger partial charge in [0.25, 0.3) is 0 Å². The predicted octanol–water partition coefficient (Wildman–Crippen LogP) is 3.37. The average Bonchev–Trinajstić information content (AvgIpc) is 2.28. The van der Waals surface area contributed by atoms with Gasteiger partial charge in [0, 0.05) is 41.9 Å². The van der Waals surface area contributed by atoms with E-state index in [-0.39, 0.29) is 0 Å². The number of nitrogens with zero attached hydrogens (tertiary/aromatic N) is 2. The van der Waals surface area contributed by atoms with E-state index in [1.807, 2.05) is 0 Å². The van der Waals surface area contributed by atoms with Gasteiger partial charge in [0.05, 0.1) is 0 Å². The van der Waals surface area contributed by atoms with E-state index in [0.29, 0.717) is 5.54 Å². The maximum atomic E-state index is 3.54. The van der Waals surface area contributed by atoms with E-state index in [1.54, 1.807) is 0 Å². The molecule has 0 spiro atoms. The summed E-state index contributed by atoms with van der Waals surface area (Å²) in [4.78, 5) is 5.02. The van der Waals surface area contributed by atoms with Gasteiger partial charge in [0.15, 0.2) is 0 Å². The van der Waals surface area contributed by atoms with Crippen molar-refractivity contribution in [2.45, 2.75) is 26.3 Å². The Hall–Kier alpha value is -0.540. The lowest BCUT2D eigenvalue weighted by molar-refractivity contribution is 0.128. The molecule has 1 fully saturated rings. The van der Waals surface area contributed by atoms with Gasteiger partial charge in [-0.3, -0.25) is 4.90 Å². The summed E-state index contributed by atoms with van der Waals surface area (Å²) in [6.45, 7) is 11.4. The first-order valence-electron chi connectivity index (χ1n) is 6.22. The third kappa shape index (κ3) is 3.23. The monoisotopic (exact) mass is 296 g/mol. The molecule has 1 aromatic rings. The molecule has 1 heterocycles. The molecule has 0 aromatic heterocycles. The van der Waals surface area contributed by atoms with Crippen LogP contribution in [-0.2, 0) is 0 Å². The van der Waals surface area contributed by atoms with Crippen molar-refractivity contribution >= 4 is 21.6 Å². The second-order valence-electron chi connectivity index (χ2n) is 5.62. The summed E-state index contributed by atoms with van der Waals surface area (Å²) in [6, 6.07) is 8.58. The number of piperazine rings is 1. The van der Waals surface area contributed by atoms with Gasteiger partial charge < -0.3 is 4.90 Å². The van der Waals surface area contributed by atoms with Crippen LogP contribution in [0.3, 0.4) is 0 Å². The maximum Gasteiger partial charge on any atom is 0.0378 e. The number of hydrogen-bond acceptors (Lipinski definition) is 2. The number of hydrogen-bond donors (Lipinski definition) is 0. The van der Waals surface area contributed by atoms with Crippen molar-refractivity contribution in [2.75, 3.05) is 31.1 Å². The molecule has 3 heteroatoms. The smallest absolute Gasteiger partial charge is 0.0378 e. The molecule has 0 N–H and O–H groups in total. The van der Waals surface area contributed by atoms with E-state index in [9.17, 15) is 0 Å². The lowest BCUT2D eigenvalue weighted by Crippen LogP contribution is -2.53. The minimum absolute atomic E-state index is 0.295. The SMILES string of the molecule is CC(C)(C)N1CCN(c2cccc(Br)c2)CC1. The van der Waals surface area contributed by atoms with Crippen LogP contribution in [0.4, 0.5) is 5.69 Å². The minimum atomic E-state index is 0.295. The van der Waals surface area contributed by atoms with Crippen LogP contribution in [0.15, 0.2) is 28.7 Å². The molecule has 0 saturated carbocycles. The van der Waals surface area contributed by atoms with Gasteiger partial charge >= 0.3 is 0 Å². The lowest BCUT2D eigenvalue weighted by atomic mass is 10.0. The van der Waals surface area contributed by atoms with E-state index < -0.39 is 0 Å². The quantitative estimate of drug-likeness (QED) is 0.784. The van der Waals surface area contributed by atoms with E-state index in [1.165, 1.54) is 5.69 Å². The fraction of sp³-hybridized carbons (Fsp3) is 0.571. The Kier molecular flexibility index (Phi) is 3.79. The fourth-order valence-corrected chi connectivity index (χ4v) is 2.70. The van der Waals surface area contributed by atoms with Gasteiger partial charge in [-0.25, -0.2) is 0 Å². The summed E-state index contributed by atoms with van der Waals surface area (Å²) in [5.74, 6) is 0. The van der Waals surface area contributed by atoms with Crippen molar-refractivity contribution < 1.29 is 0 Å². The largest absolute Gasteiger partial charge is 0.369 e. The standard InChI is InChI=1S/C14H21BrN2/c1-14(2,3)17-9-7-16(8-10-17)13-6-4-5-12(15)11-13/h4-6,11H,7-10H2,1-3H3. The Labute approximate surface area is 113 Å². The van der Waals surface area contributed by atoms with Gasteiger partial charge in [-0.1, -0.05) is 22.0 Å². The first-order chi connectivity index (χ1) is 7.97. The molecule has 1 aromatic carbocycles. The topological polar surface area (TPSA) is 6.48 Å². The molecule has 94 valence electrons. The Balaban J connectivity index is 2.00. The number of rotatable bonds is 1. The highest BCUT2D eigenvalue weighted by Gasteiger charge is 2.25. The van der Waals surface area contributed by atoms with Crippen LogP contribution in [-0.4, -0.2) is 36.6 Å². The lowest BCUT2D eigenvalue weighted by Gasteiger charge is -2.43. The Morgan fingerprint density at radius 2 is 1.71 bits per heavy atom. The normalized spacial score (nSPS) is 18.5. The second-order valence-corrected chi connectivity index (χ2v) is 6.54. The molecule has 17 heavy (non-hydrogen) atoms.